The van der Waals surface area contributed by atoms with E-state index in [1.54, 1.807) is 38.7 Å². The van der Waals surface area contributed by atoms with Crippen molar-refractivity contribution in [3.63, 3.8) is 0 Å². The second-order valence-electron chi connectivity index (χ2n) is 5.46. The van der Waals surface area contributed by atoms with E-state index >= 15 is 0 Å². The molecular formula is C18H21N3O6S. The van der Waals surface area contributed by atoms with Gasteiger partial charge in [-0.3, -0.25) is 14.9 Å². The fourth-order valence-corrected chi connectivity index (χ4v) is 3.02. The van der Waals surface area contributed by atoms with E-state index in [1.165, 1.54) is 11.3 Å². The number of esters is 1. The lowest BCUT2D eigenvalue weighted by atomic mass is 10.2. The van der Waals surface area contributed by atoms with Crippen LogP contribution in [0.3, 0.4) is 0 Å². The summed E-state index contributed by atoms with van der Waals surface area (Å²) >= 11 is 1.37. The quantitative estimate of drug-likeness (QED) is 0.641. The monoisotopic (exact) mass is 407 g/mol. The van der Waals surface area contributed by atoms with Gasteiger partial charge in [-0.2, -0.15) is 0 Å². The number of nitrogens with one attached hydrogen (secondary N) is 2. The lowest BCUT2D eigenvalue weighted by Crippen LogP contribution is -2.41. The van der Waals surface area contributed by atoms with Crippen LogP contribution in [-0.4, -0.2) is 50.3 Å². The van der Waals surface area contributed by atoms with E-state index in [4.69, 9.17) is 14.2 Å². The van der Waals surface area contributed by atoms with E-state index in [2.05, 4.69) is 10.3 Å². The van der Waals surface area contributed by atoms with Crippen molar-refractivity contribution in [1.29, 1.82) is 0 Å². The zero-order valence-electron chi connectivity index (χ0n) is 15.7. The van der Waals surface area contributed by atoms with Gasteiger partial charge in [0.05, 0.1) is 26.3 Å². The van der Waals surface area contributed by atoms with Gasteiger partial charge >= 0.3 is 12.0 Å². The van der Waals surface area contributed by atoms with Crippen LogP contribution in [0.15, 0.2) is 23.6 Å². The number of hydrogen-bond donors (Lipinski definition) is 2. The van der Waals surface area contributed by atoms with Gasteiger partial charge in [0.25, 0.3) is 5.91 Å². The molecule has 9 nitrogen and oxygen atoms in total. The summed E-state index contributed by atoms with van der Waals surface area (Å²) in [4.78, 5) is 39.0. The molecule has 0 fully saturated rings. The second-order valence-corrected chi connectivity index (χ2v) is 6.32. The fraction of sp³-hybridized carbons (Fsp3) is 0.333. The summed E-state index contributed by atoms with van der Waals surface area (Å²) in [6.07, 6.45) is -0.0851. The van der Waals surface area contributed by atoms with Crippen LogP contribution in [0.1, 0.15) is 12.6 Å². The molecule has 0 saturated heterocycles. The molecule has 10 heteroatoms. The van der Waals surface area contributed by atoms with E-state index in [1.807, 2.05) is 11.4 Å². The van der Waals surface area contributed by atoms with Crippen molar-refractivity contribution in [2.75, 3.05) is 27.4 Å². The van der Waals surface area contributed by atoms with Crippen molar-refractivity contribution in [1.82, 2.24) is 15.6 Å². The highest BCUT2D eigenvalue weighted by atomic mass is 32.1. The van der Waals surface area contributed by atoms with Gasteiger partial charge in [-0.1, -0.05) is 0 Å². The molecule has 0 saturated carbocycles. The Bertz CT molecular complexity index is 852. The van der Waals surface area contributed by atoms with Gasteiger partial charge in [-0.05, 0) is 25.1 Å². The number of thiazole rings is 1. The molecule has 0 atom stereocenters. The summed E-state index contributed by atoms with van der Waals surface area (Å²) in [5.74, 6) is -0.134. The third kappa shape index (κ3) is 5.95. The molecule has 0 radical (unpaired) electrons. The molecule has 1 aromatic carbocycles. The van der Waals surface area contributed by atoms with Crippen LogP contribution in [-0.2, 0) is 20.7 Å². The summed E-state index contributed by atoms with van der Waals surface area (Å²) in [5.41, 5.74) is 1.34. The van der Waals surface area contributed by atoms with E-state index in [0.29, 0.717) is 28.7 Å². The Balaban J connectivity index is 1.91. The number of rotatable bonds is 8. The Morgan fingerprint density at radius 1 is 1.14 bits per heavy atom. The molecule has 0 unspecified atom stereocenters. The number of benzene rings is 1. The Hall–Kier alpha value is -3.14. The molecule has 1 heterocycles. The van der Waals surface area contributed by atoms with Crippen molar-refractivity contribution in [2.45, 2.75) is 13.3 Å². The number of amides is 3. The van der Waals surface area contributed by atoms with Gasteiger partial charge in [0.1, 0.15) is 5.01 Å². The minimum atomic E-state index is -0.705. The zero-order valence-corrected chi connectivity index (χ0v) is 16.6. The fourth-order valence-electron chi connectivity index (χ4n) is 2.20. The molecule has 2 aromatic rings. The summed E-state index contributed by atoms with van der Waals surface area (Å²) in [6.45, 7) is 1.56. The number of aromatic nitrogens is 1. The predicted octanol–water partition coefficient (Wildman–Crippen LogP) is 1.76. The zero-order chi connectivity index (χ0) is 20.5. The lowest BCUT2D eigenvalue weighted by Gasteiger charge is -2.08. The van der Waals surface area contributed by atoms with Crippen LogP contribution in [0.2, 0.25) is 0 Å². The van der Waals surface area contributed by atoms with Crippen molar-refractivity contribution in [3.8, 4) is 22.1 Å². The number of carbonyl (C=O) groups excluding carboxylic acids is 3. The van der Waals surface area contributed by atoms with Gasteiger partial charge in [0, 0.05) is 17.5 Å². The number of nitrogens with zero attached hydrogens (tertiary/aromatic N) is 1. The minimum absolute atomic E-state index is 0.0851. The molecule has 3 amide bonds. The van der Waals surface area contributed by atoms with Crippen LogP contribution >= 0.6 is 11.3 Å². The molecule has 1 aromatic heterocycles. The molecule has 0 spiro atoms. The highest BCUT2D eigenvalue weighted by Crippen LogP contribution is 2.33. The van der Waals surface area contributed by atoms with Gasteiger partial charge < -0.3 is 19.5 Å². The predicted molar refractivity (Wildman–Crippen MR) is 103 cm³/mol. The third-order valence-corrected chi connectivity index (χ3v) is 4.40. The van der Waals surface area contributed by atoms with Crippen molar-refractivity contribution in [3.05, 3.63) is 29.3 Å². The number of methoxy groups -OCH3 is 2. The first-order chi connectivity index (χ1) is 13.5. The summed E-state index contributed by atoms with van der Waals surface area (Å²) in [5, 5.41) is 6.89. The van der Waals surface area contributed by atoms with Crippen molar-refractivity contribution in [2.24, 2.45) is 0 Å². The summed E-state index contributed by atoms with van der Waals surface area (Å²) in [6, 6.07) is 4.78. The molecule has 0 aliphatic rings. The van der Waals surface area contributed by atoms with Crippen LogP contribution in [0, 0.1) is 0 Å². The molecule has 2 rings (SSSR count). The molecule has 0 bridgehead atoms. The molecule has 150 valence electrons. The Kier molecular flexibility index (Phi) is 7.76. The Morgan fingerprint density at radius 3 is 2.57 bits per heavy atom. The van der Waals surface area contributed by atoms with Crippen LogP contribution < -0.4 is 20.1 Å². The van der Waals surface area contributed by atoms with Gasteiger partial charge in [0.15, 0.2) is 18.1 Å². The van der Waals surface area contributed by atoms with Crippen LogP contribution in [0.5, 0.6) is 11.5 Å². The maximum absolute atomic E-state index is 11.9. The standard InChI is InChI=1S/C18H21N3O6S/c1-4-19-18(24)21-15(22)9-27-16(23)8-12-10-28-17(20-12)11-5-6-13(25-2)14(7-11)26-3/h5-7,10H,4,8-9H2,1-3H3,(H2,19,21,22,24). The maximum atomic E-state index is 11.9. The number of ether oxygens (including phenoxy) is 3. The average Bonchev–Trinajstić information content (AvgIpc) is 3.14. The lowest BCUT2D eigenvalue weighted by molar-refractivity contribution is -0.147. The first kappa shape index (κ1) is 21.2. The first-order valence-electron chi connectivity index (χ1n) is 8.36. The summed E-state index contributed by atoms with van der Waals surface area (Å²) in [7, 11) is 3.11. The normalized spacial score (nSPS) is 10.1. The van der Waals surface area contributed by atoms with Gasteiger partial charge in [0.2, 0.25) is 0 Å². The number of carbonyl (C=O) groups is 3. The van der Waals surface area contributed by atoms with Gasteiger partial charge in [-0.25, -0.2) is 9.78 Å². The van der Waals surface area contributed by atoms with E-state index < -0.39 is 24.5 Å². The highest BCUT2D eigenvalue weighted by Gasteiger charge is 2.14. The van der Waals surface area contributed by atoms with Crippen molar-refractivity contribution < 1.29 is 28.6 Å². The highest BCUT2D eigenvalue weighted by molar-refractivity contribution is 7.13. The van der Waals surface area contributed by atoms with E-state index in [-0.39, 0.29) is 6.42 Å². The van der Waals surface area contributed by atoms with Crippen molar-refractivity contribution >= 4 is 29.2 Å². The average molecular weight is 407 g/mol. The molecule has 28 heavy (non-hydrogen) atoms. The number of imide groups is 1. The smallest absolute Gasteiger partial charge is 0.321 e. The van der Waals surface area contributed by atoms with E-state index in [9.17, 15) is 14.4 Å². The van der Waals surface area contributed by atoms with Gasteiger partial charge in [-0.15, -0.1) is 11.3 Å². The minimum Gasteiger partial charge on any atom is -0.493 e. The SMILES string of the molecule is CCNC(=O)NC(=O)COC(=O)Cc1csc(-c2ccc(OC)c(OC)c2)n1. The first-order valence-corrected chi connectivity index (χ1v) is 9.24. The topological polar surface area (TPSA) is 116 Å². The van der Waals surface area contributed by atoms with E-state index in [0.717, 1.165) is 5.56 Å². The molecule has 0 aliphatic carbocycles. The Labute approximate surface area is 166 Å². The second kappa shape index (κ2) is 10.3. The molecule has 2 N–H and O–H groups in total. The maximum Gasteiger partial charge on any atom is 0.321 e. The molecular weight excluding hydrogens is 386 g/mol. The largest absolute Gasteiger partial charge is 0.493 e. The third-order valence-electron chi connectivity index (χ3n) is 3.46. The molecule has 0 aliphatic heterocycles. The Morgan fingerprint density at radius 2 is 1.89 bits per heavy atom. The van der Waals surface area contributed by atoms with Crippen LogP contribution in [0.25, 0.3) is 10.6 Å². The van der Waals surface area contributed by atoms with Crippen LogP contribution in [0.4, 0.5) is 4.79 Å². The summed E-state index contributed by atoms with van der Waals surface area (Å²) < 4.78 is 15.4. The number of hydrogen-bond acceptors (Lipinski definition) is 8. The number of urea groups is 1.